The fraction of sp³-hybridized carbons (Fsp3) is 0.111. The van der Waals surface area contributed by atoms with Gasteiger partial charge in [0, 0.05) is 35.2 Å². The molecule has 0 saturated heterocycles. The zero-order valence-corrected chi connectivity index (χ0v) is 16.4. The third-order valence-electron chi connectivity index (χ3n) is 3.70. The number of carbonyl (C=O) groups excluding carboxylic acids is 3. The van der Waals surface area contributed by atoms with Crippen LogP contribution in [0.3, 0.4) is 0 Å². The Morgan fingerprint density at radius 2 is 2.14 bits per heavy atom. The van der Waals surface area contributed by atoms with E-state index in [-0.39, 0.29) is 6.54 Å². The highest BCUT2D eigenvalue weighted by Crippen LogP contribution is 2.25. The van der Waals surface area contributed by atoms with Crippen molar-refractivity contribution in [2.24, 2.45) is 0 Å². The summed E-state index contributed by atoms with van der Waals surface area (Å²) in [4.78, 5) is 39.3. The van der Waals surface area contributed by atoms with Crippen LogP contribution in [0.25, 0.3) is 11.3 Å². The molecule has 0 aliphatic rings. The SMILES string of the molecule is CS(=O)n1ccc(C(=O)NCC(=O)Nc2nc(-c3cccc(C=O)c3)cs2)c1. The number of hydrogen-bond donors (Lipinski definition) is 2. The number of hydrogen-bond acceptors (Lipinski definition) is 6. The van der Waals surface area contributed by atoms with Gasteiger partial charge in [0.15, 0.2) is 5.13 Å². The van der Waals surface area contributed by atoms with Crippen LogP contribution in [0.2, 0.25) is 0 Å². The Morgan fingerprint density at radius 3 is 2.86 bits per heavy atom. The number of aromatic nitrogens is 2. The van der Waals surface area contributed by atoms with E-state index in [2.05, 4.69) is 15.6 Å². The highest BCUT2D eigenvalue weighted by molar-refractivity contribution is 7.82. The Morgan fingerprint density at radius 1 is 1.32 bits per heavy atom. The Labute approximate surface area is 167 Å². The maximum absolute atomic E-state index is 12.0. The minimum absolute atomic E-state index is 0.227. The van der Waals surface area contributed by atoms with Crippen LogP contribution in [0.15, 0.2) is 48.1 Å². The molecule has 0 spiro atoms. The van der Waals surface area contributed by atoms with E-state index in [1.54, 1.807) is 23.6 Å². The zero-order chi connectivity index (χ0) is 20.1. The van der Waals surface area contributed by atoms with Crippen molar-refractivity contribution in [1.82, 2.24) is 14.3 Å². The summed E-state index contributed by atoms with van der Waals surface area (Å²) in [5.74, 6) is -0.862. The zero-order valence-electron chi connectivity index (χ0n) is 14.7. The van der Waals surface area contributed by atoms with Gasteiger partial charge in [0.2, 0.25) is 5.91 Å². The summed E-state index contributed by atoms with van der Waals surface area (Å²) in [6.45, 7) is -0.227. The molecule has 0 fully saturated rings. The van der Waals surface area contributed by atoms with Crippen molar-refractivity contribution in [3.05, 3.63) is 59.2 Å². The number of amides is 2. The van der Waals surface area contributed by atoms with Gasteiger partial charge in [0.05, 0.1) is 17.8 Å². The van der Waals surface area contributed by atoms with Gasteiger partial charge in [-0.25, -0.2) is 9.19 Å². The second-order valence-corrected chi connectivity index (χ2v) is 7.82. The molecule has 3 rings (SSSR count). The Bertz CT molecular complexity index is 1060. The first-order valence-electron chi connectivity index (χ1n) is 8.07. The molecule has 1 atom stereocenters. The lowest BCUT2D eigenvalue weighted by molar-refractivity contribution is -0.115. The van der Waals surface area contributed by atoms with Crippen LogP contribution in [0, 0.1) is 0 Å². The minimum atomic E-state index is -1.25. The summed E-state index contributed by atoms with van der Waals surface area (Å²) >= 11 is 1.24. The standard InChI is InChI=1S/C18H16N4O4S2/c1-28(26)22-6-5-14(9-22)17(25)19-8-16(24)21-18-20-15(11-27-18)13-4-2-3-12(7-13)10-23/h2-7,9-11H,8H2,1H3,(H,19,25)(H,20,21,24). The van der Waals surface area contributed by atoms with Gasteiger partial charge in [0.25, 0.3) is 5.91 Å². The molecule has 8 nitrogen and oxygen atoms in total. The molecule has 28 heavy (non-hydrogen) atoms. The number of rotatable bonds is 7. The van der Waals surface area contributed by atoms with E-state index in [0.717, 1.165) is 11.8 Å². The topological polar surface area (TPSA) is 110 Å². The lowest BCUT2D eigenvalue weighted by atomic mass is 10.1. The summed E-state index contributed by atoms with van der Waals surface area (Å²) in [5.41, 5.74) is 2.27. The number of aldehydes is 1. The number of thiazole rings is 1. The van der Waals surface area contributed by atoms with Gasteiger partial charge in [-0.2, -0.15) is 0 Å². The molecule has 0 aliphatic carbocycles. The molecule has 1 aromatic carbocycles. The van der Waals surface area contributed by atoms with Gasteiger partial charge in [0.1, 0.15) is 17.3 Å². The molecule has 0 aliphatic heterocycles. The molecule has 0 saturated carbocycles. The van der Waals surface area contributed by atoms with Crippen molar-refractivity contribution < 1.29 is 18.6 Å². The Kier molecular flexibility index (Phi) is 6.12. The van der Waals surface area contributed by atoms with Crippen LogP contribution >= 0.6 is 11.3 Å². The third-order valence-corrected chi connectivity index (χ3v) is 5.28. The van der Waals surface area contributed by atoms with E-state index in [1.165, 1.54) is 40.0 Å². The van der Waals surface area contributed by atoms with Crippen molar-refractivity contribution in [3.63, 3.8) is 0 Å². The van der Waals surface area contributed by atoms with Gasteiger partial charge >= 0.3 is 0 Å². The van der Waals surface area contributed by atoms with Gasteiger partial charge in [-0.1, -0.05) is 18.2 Å². The molecular weight excluding hydrogens is 400 g/mol. The van der Waals surface area contributed by atoms with Crippen LogP contribution in [0.5, 0.6) is 0 Å². The number of anilines is 1. The first kappa shape index (κ1) is 19.6. The van der Waals surface area contributed by atoms with Crippen molar-refractivity contribution in [2.75, 3.05) is 18.1 Å². The van der Waals surface area contributed by atoms with Crippen LogP contribution in [-0.4, -0.2) is 44.1 Å². The van der Waals surface area contributed by atoms with Crippen LogP contribution in [-0.2, 0) is 15.8 Å². The Hall–Kier alpha value is -3.11. The molecule has 2 aromatic heterocycles. The third kappa shape index (κ3) is 4.78. The first-order valence-corrected chi connectivity index (χ1v) is 10.5. The predicted molar refractivity (Wildman–Crippen MR) is 108 cm³/mol. The lowest BCUT2D eigenvalue weighted by Crippen LogP contribution is -2.32. The first-order chi connectivity index (χ1) is 13.5. The van der Waals surface area contributed by atoms with Gasteiger partial charge in [-0.05, 0) is 12.1 Å². The molecule has 3 aromatic rings. The summed E-state index contributed by atoms with van der Waals surface area (Å²) in [5, 5.41) is 7.28. The number of nitrogens with zero attached hydrogens (tertiary/aromatic N) is 2. The number of carbonyl (C=O) groups is 3. The number of nitrogens with one attached hydrogen (secondary N) is 2. The van der Waals surface area contributed by atoms with E-state index < -0.39 is 22.8 Å². The van der Waals surface area contributed by atoms with Crippen molar-refractivity contribution in [1.29, 1.82) is 0 Å². The molecule has 2 amide bonds. The van der Waals surface area contributed by atoms with Crippen molar-refractivity contribution in [2.45, 2.75) is 0 Å². The van der Waals surface area contributed by atoms with Crippen LogP contribution in [0.4, 0.5) is 5.13 Å². The quantitative estimate of drug-likeness (QED) is 0.572. The highest BCUT2D eigenvalue weighted by Gasteiger charge is 2.12. The Balaban J connectivity index is 1.56. The van der Waals surface area contributed by atoms with Crippen molar-refractivity contribution >= 4 is 45.6 Å². The van der Waals surface area contributed by atoms with E-state index in [4.69, 9.17) is 0 Å². The minimum Gasteiger partial charge on any atom is -0.343 e. The summed E-state index contributed by atoms with van der Waals surface area (Å²) in [7, 11) is -1.25. The molecule has 2 N–H and O–H groups in total. The second kappa shape index (κ2) is 8.72. The monoisotopic (exact) mass is 416 g/mol. The maximum Gasteiger partial charge on any atom is 0.253 e. The van der Waals surface area contributed by atoms with E-state index in [1.807, 2.05) is 6.07 Å². The molecule has 0 radical (unpaired) electrons. The molecule has 2 heterocycles. The predicted octanol–water partition coefficient (Wildman–Crippen LogP) is 1.93. The molecule has 0 bridgehead atoms. The van der Waals surface area contributed by atoms with Gasteiger partial charge in [-0.3, -0.25) is 18.4 Å². The molecule has 144 valence electrons. The second-order valence-electron chi connectivity index (χ2n) is 5.70. The smallest absolute Gasteiger partial charge is 0.253 e. The summed E-state index contributed by atoms with van der Waals surface area (Å²) in [6.07, 6.45) is 5.23. The van der Waals surface area contributed by atoms with E-state index in [9.17, 15) is 18.6 Å². The fourth-order valence-electron chi connectivity index (χ4n) is 2.33. The van der Waals surface area contributed by atoms with E-state index in [0.29, 0.717) is 22.0 Å². The average molecular weight is 416 g/mol. The largest absolute Gasteiger partial charge is 0.343 e. The van der Waals surface area contributed by atoms with E-state index >= 15 is 0 Å². The maximum atomic E-state index is 12.0. The summed E-state index contributed by atoms with van der Waals surface area (Å²) in [6, 6.07) is 8.51. The lowest BCUT2D eigenvalue weighted by Gasteiger charge is -2.04. The van der Waals surface area contributed by atoms with Crippen molar-refractivity contribution in [3.8, 4) is 11.3 Å². The van der Waals surface area contributed by atoms with Gasteiger partial charge < -0.3 is 10.6 Å². The highest BCUT2D eigenvalue weighted by atomic mass is 32.2. The van der Waals surface area contributed by atoms with Crippen LogP contribution < -0.4 is 10.6 Å². The summed E-state index contributed by atoms with van der Waals surface area (Å²) < 4.78 is 12.7. The molecule has 10 heteroatoms. The van der Waals surface area contributed by atoms with Gasteiger partial charge in [-0.15, -0.1) is 11.3 Å². The average Bonchev–Trinajstić information content (AvgIpc) is 3.36. The molecule has 1 unspecified atom stereocenters. The fourth-order valence-corrected chi connectivity index (χ4v) is 3.56. The number of benzene rings is 1. The normalized spacial score (nSPS) is 11.6. The molecular formula is C18H16N4O4S2. The van der Waals surface area contributed by atoms with Crippen LogP contribution in [0.1, 0.15) is 20.7 Å².